The van der Waals surface area contributed by atoms with Crippen molar-refractivity contribution < 1.29 is 4.52 Å². The van der Waals surface area contributed by atoms with Gasteiger partial charge in [0, 0.05) is 36.5 Å². The Morgan fingerprint density at radius 1 is 1.23 bits per heavy atom. The summed E-state index contributed by atoms with van der Waals surface area (Å²) in [6, 6.07) is 2.11. The largest absolute Gasteiger partial charge is 0.364 e. The molecular weight excluding hydrogens is 276 g/mol. The first kappa shape index (κ1) is 15.2. The molecule has 5 heteroatoms. The Bertz CT molecular complexity index is 561. The predicted octanol–water partition coefficient (Wildman–Crippen LogP) is 3.71. The molecule has 1 fully saturated rings. The molecule has 3 rings (SSSR count). The molecule has 0 aliphatic heterocycles. The third kappa shape index (κ3) is 3.53. The number of nitrogens with zero attached hydrogens (tertiary/aromatic N) is 4. The van der Waals surface area contributed by atoms with Gasteiger partial charge in [0.15, 0.2) is 0 Å². The fraction of sp³-hybridized carbons (Fsp3) is 0.588. The van der Waals surface area contributed by atoms with Crippen molar-refractivity contribution in [3.8, 4) is 0 Å². The Kier molecular flexibility index (Phi) is 4.83. The Balaban J connectivity index is 1.60. The zero-order valence-electron chi connectivity index (χ0n) is 13.4. The van der Waals surface area contributed by atoms with Crippen molar-refractivity contribution in [1.82, 2.24) is 20.0 Å². The minimum Gasteiger partial charge on any atom is -0.364 e. The summed E-state index contributed by atoms with van der Waals surface area (Å²) in [7, 11) is 2.08. The van der Waals surface area contributed by atoms with Gasteiger partial charge in [-0.25, -0.2) is 9.97 Å². The van der Waals surface area contributed by atoms with E-state index >= 15 is 0 Å². The lowest BCUT2D eigenvalue weighted by atomic mass is 9.89. The van der Waals surface area contributed by atoms with Crippen LogP contribution >= 0.6 is 0 Å². The highest BCUT2D eigenvalue weighted by molar-refractivity contribution is 5.09. The van der Waals surface area contributed by atoms with E-state index in [9.17, 15) is 0 Å². The van der Waals surface area contributed by atoms with Crippen LogP contribution in [0.15, 0.2) is 29.2 Å². The van der Waals surface area contributed by atoms with Gasteiger partial charge in [0.05, 0.1) is 6.04 Å². The standard InChI is InChI=1S/C17H24N4O/c1-13(16-8-9-22-20-16)21(2)12-14-10-18-17(19-11-14)15-6-4-3-5-7-15/h8-11,13,15H,3-7,12H2,1-2H3/t13-/m1/s1. The van der Waals surface area contributed by atoms with Gasteiger partial charge >= 0.3 is 0 Å². The van der Waals surface area contributed by atoms with Crippen LogP contribution in [0.4, 0.5) is 0 Å². The normalized spacial score (nSPS) is 17.8. The third-order valence-corrected chi connectivity index (χ3v) is 4.67. The van der Waals surface area contributed by atoms with Crippen molar-refractivity contribution in [1.29, 1.82) is 0 Å². The van der Waals surface area contributed by atoms with Crippen molar-refractivity contribution in [3.63, 3.8) is 0 Å². The van der Waals surface area contributed by atoms with E-state index in [-0.39, 0.29) is 6.04 Å². The van der Waals surface area contributed by atoms with E-state index in [0.717, 1.165) is 23.6 Å². The van der Waals surface area contributed by atoms with Gasteiger partial charge < -0.3 is 4.52 Å². The van der Waals surface area contributed by atoms with E-state index in [1.54, 1.807) is 6.26 Å². The maximum absolute atomic E-state index is 4.92. The SMILES string of the molecule is C[C@H](c1ccon1)N(C)Cc1cnc(C2CCCCC2)nc1. The minimum atomic E-state index is 0.205. The molecule has 118 valence electrons. The molecule has 1 saturated carbocycles. The second kappa shape index (κ2) is 7.01. The highest BCUT2D eigenvalue weighted by Gasteiger charge is 2.18. The number of aromatic nitrogens is 3. The van der Waals surface area contributed by atoms with Gasteiger partial charge in [-0.05, 0) is 26.8 Å². The Hall–Kier alpha value is -1.75. The van der Waals surface area contributed by atoms with Crippen LogP contribution in [0.5, 0.6) is 0 Å². The van der Waals surface area contributed by atoms with Crippen LogP contribution < -0.4 is 0 Å². The van der Waals surface area contributed by atoms with Crippen molar-refractivity contribution in [2.24, 2.45) is 0 Å². The number of hydrogen-bond acceptors (Lipinski definition) is 5. The van der Waals surface area contributed by atoms with Crippen molar-refractivity contribution in [2.45, 2.75) is 57.5 Å². The van der Waals surface area contributed by atoms with Crippen LogP contribution in [0, 0.1) is 0 Å². The molecule has 0 radical (unpaired) electrons. The van der Waals surface area contributed by atoms with Crippen LogP contribution in [-0.2, 0) is 6.54 Å². The summed E-state index contributed by atoms with van der Waals surface area (Å²) in [5.41, 5.74) is 2.08. The van der Waals surface area contributed by atoms with Crippen LogP contribution in [0.3, 0.4) is 0 Å². The second-order valence-corrected chi connectivity index (χ2v) is 6.30. The van der Waals surface area contributed by atoms with Crippen LogP contribution in [0.1, 0.15) is 68.1 Å². The van der Waals surface area contributed by atoms with E-state index < -0.39 is 0 Å². The van der Waals surface area contributed by atoms with E-state index in [1.807, 2.05) is 18.5 Å². The van der Waals surface area contributed by atoms with E-state index in [1.165, 1.54) is 32.1 Å². The summed E-state index contributed by atoms with van der Waals surface area (Å²) >= 11 is 0. The summed E-state index contributed by atoms with van der Waals surface area (Å²) in [5, 5.41) is 4.01. The molecule has 0 saturated heterocycles. The monoisotopic (exact) mass is 300 g/mol. The van der Waals surface area contributed by atoms with E-state index in [0.29, 0.717) is 5.92 Å². The maximum Gasteiger partial charge on any atom is 0.131 e. The fourth-order valence-corrected chi connectivity index (χ4v) is 3.11. The van der Waals surface area contributed by atoms with Gasteiger partial charge in [-0.15, -0.1) is 0 Å². The molecule has 1 aliphatic carbocycles. The maximum atomic E-state index is 4.92. The topological polar surface area (TPSA) is 55.1 Å². The zero-order valence-corrected chi connectivity index (χ0v) is 13.4. The van der Waals surface area contributed by atoms with Gasteiger partial charge in [0.2, 0.25) is 0 Å². The lowest BCUT2D eigenvalue weighted by molar-refractivity contribution is 0.240. The Morgan fingerprint density at radius 3 is 2.59 bits per heavy atom. The Morgan fingerprint density at radius 2 is 1.95 bits per heavy atom. The summed E-state index contributed by atoms with van der Waals surface area (Å²) in [5.74, 6) is 1.59. The van der Waals surface area contributed by atoms with Gasteiger partial charge in [-0.3, -0.25) is 4.90 Å². The van der Waals surface area contributed by atoms with Gasteiger partial charge in [0.1, 0.15) is 17.8 Å². The molecular formula is C17H24N4O. The second-order valence-electron chi connectivity index (χ2n) is 6.30. The van der Waals surface area contributed by atoms with Crippen LogP contribution in [0.25, 0.3) is 0 Å². The molecule has 2 aromatic rings. The van der Waals surface area contributed by atoms with Gasteiger partial charge in [0.25, 0.3) is 0 Å². The highest BCUT2D eigenvalue weighted by Crippen LogP contribution is 2.30. The molecule has 5 nitrogen and oxygen atoms in total. The van der Waals surface area contributed by atoms with Crippen LogP contribution in [0.2, 0.25) is 0 Å². The predicted molar refractivity (Wildman–Crippen MR) is 84.2 cm³/mol. The van der Waals surface area contributed by atoms with Crippen molar-refractivity contribution in [3.05, 3.63) is 41.8 Å². The van der Waals surface area contributed by atoms with Gasteiger partial charge in [-0.2, -0.15) is 0 Å². The smallest absolute Gasteiger partial charge is 0.131 e. The molecule has 0 spiro atoms. The molecule has 1 aliphatic rings. The average molecular weight is 300 g/mol. The molecule has 0 N–H and O–H groups in total. The summed E-state index contributed by atoms with van der Waals surface area (Å²) in [4.78, 5) is 11.4. The molecule has 0 bridgehead atoms. The molecule has 0 amide bonds. The fourth-order valence-electron chi connectivity index (χ4n) is 3.11. The number of rotatable bonds is 5. The zero-order chi connectivity index (χ0) is 15.4. The lowest BCUT2D eigenvalue weighted by Crippen LogP contribution is -2.22. The Labute approximate surface area is 131 Å². The third-order valence-electron chi connectivity index (χ3n) is 4.67. The lowest BCUT2D eigenvalue weighted by Gasteiger charge is -2.23. The quantitative estimate of drug-likeness (QED) is 0.842. The summed E-state index contributed by atoms with van der Waals surface area (Å²) in [6.07, 6.45) is 12.0. The summed E-state index contributed by atoms with van der Waals surface area (Å²) < 4.78 is 4.92. The molecule has 2 aromatic heterocycles. The first-order chi connectivity index (χ1) is 10.7. The highest BCUT2D eigenvalue weighted by atomic mass is 16.5. The van der Waals surface area contributed by atoms with E-state index in [2.05, 4.69) is 34.0 Å². The average Bonchev–Trinajstić information content (AvgIpc) is 3.10. The van der Waals surface area contributed by atoms with Gasteiger partial charge in [-0.1, -0.05) is 24.4 Å². The molecule has 0 aromatic carbocycles. The first-order valence-electron chi connectivity index (χ1n) is 8.15. The van der Waals surface area contributed by atoms with Crippen molar-refractivity contribution in [2.75, 3.05) is 7.05 Å². The molecule has 22 heavy (non-hydrogen) atoms. The molecule has 0 unspecified atom stereocenters. The van der Waals surface area contributed by atoms with Crippen LogP contribution in [-0.4, -0.2) is 27.1 Å². The summed E-state index contributed by atoms with van der Waals surface area (Å²) in [6.45, 7) is 2.92. The van der Waals surface area contributed by atoms with Crippen molar-refractivity contribution >= 4 is 0 Å². The molecule has 2 heterocycles. The number of hydrogen-bond donors (Lipinski definition) is 0. The van der Waals surface area contributed by atoms with E-state index in [4.69, 9.17) is 4.52 Å². The first-order valence-corrected chi connectivity index (χ1v) is 8.15. The minimum absolute atomic E-state index is 0.205. The molecule has 1 atom stereocenters.